The van der Waals surface area contributed by atoms with Gasteiger partial charge in [0, 0.05) is 6.54 Å². The van der Waals surface area contributed by atoms with Crippen LogP contribution in [0, 0.1) is 5.82 Å². The van der Waals surface area contributed by atoms with Gasteiger partial charge < -0.3 is 15.0 Å². The van der Waals surface area contributed by atoms with E-state index in [9.17, 15) is 14.0 Å². The Bertz CT molecular complexity index is 614. The molecule has 23 heavy (non-hydrogen) atoms. The van der Waals surface area contributed by atoms with Crippen LogP contribution in [-0.4, -0.2) is 48.6 Å². The Labute approximate surface area is 138 Å². The molecular formula is C16H18ClFN2O3. The quantitative estimate of drug-likeness (QED) is 0.915. The minimum Gasteiger partial charge on any atom is -0.377 e. The second-order valence-electron chi connectivity index (χ2n) is 5.96. The first kappa shape index (κ1) is 16.2. The van der Waals surface area contributed by atoms with Crippen molar-refractivity contribution in [1.82, 2.24) is 10.2 Å². The van der Waals surface area contributed by atoms with Gasteiger partial charge in [-0.15, -0.1) is 0 Å². The van der Waals surface area contributed by atoms with Gasteiger partial charge in [0.1, 0.15) is 5.82 Å². The number of amides is 2. The molecule has 1 aliphatic heterocycles. The molecule has 124 valence electrons. The van der Waals surface area contributed by atoms with E-state index in [1.165, 1.54) is 12.1 Å². The molecule has 7 heteroatoms. The van der Waals surface area contributed by atoms with Crippen molar-refractivity contribution in [3.05, 3.63) is 34.6 Å². The largest absolute Gasteiger partial charge is 0.377 e. The molecular weight excluding hydrogens is 323 g/mol. The second kappa shape index (κ2) is 6.45. The molecule has 1 spiro atoms. The van der Waals surface area contributed by atoms with Gasteiger partial charge in [-0.2, -0.15) is 0 Å². The Morgan fingerprint density at radius 3 is 2.83 bits per heavy atom. The van der Waals surface area contributed by atoms with Crippen LogP contribution in [0.1, 0.15) is 29.6 Å². The molecule has 1 aromatic carbocycles. The molecule has 0 unspecified atom stereocenters. The number of hydrogen-bond acceptors (Lipinski definition) is 3. The van der Waals surface area contributed by atoms with Gasteiger partial charge in [0.05, 0.1) is 35.9 Å². The maximum absolute atomic E-state index is 13.7. The van der Waals surface area contributed by atoms with Crippen LogP contribution in [0.3, 0.4) is 0 Å². The average Bonchev–Trinajstić information content (AvgIpc) is 2.51. The number of carbonyl (C=O) groups is 2. The van der Waals surface area contributed by atoms with Gasteiger partial charge in [-0.05, 0) is 31.4 Å². The van der Waals surface area contributed by atoms with Gasteiger partial charge in [-0.25, -0.2) is 4.39 Å². The van der Waals surface area contributed by atoms with E-state index in [0.29, 0.717) is 19.8 Å². The summed E-state index contributed by atoms with van der Waals surface area (Å²) in [6, 6.07) is 4.02. The van der Waals surface area contributed by atoms with Crippen molar-refractivity contribution in [2.24, 2.45) is 0 Å². The normalized spacial score (nSPS) is 19.3. The first-order valence-electron chi connectivity index (χ1n) is 7.64. The Morgan fingerprint density at radius 1 is 1.39 bits per heavy atom. The minimum atomic E-state index is -0.704. The van der Waals surface area contributed by atoms with Crippen LogP contribution in [-0.2, 0) is 9.53 Å². The highest BCUT2D eigenvalue weighted by Crippen LogP contribution is 2.39. The number of ether oxygens (including phenoxy) is 1. The van der Waals surface area contributed by atoms with Crippen molar-refractivity contribution < 1.29 is 18.7 Å². The molecule has 1 saturated carbocycles. The number of nitrogens with zero attached hydrogens (tertiary/aromatic N) is 1. The summed E-state index contributed by atoms with van der Waals surface area (Å²) in [5, 5.41) is 2.49. The molecule has 1 heterocycles. The zero-order valence-electron chi connectivity index (χ0n) is 12.6. The highest BCUT2D eigenvalue weighted by Gasteiger charge is 2.46. The van der Waals surface area contributed by atoms with Gasteiger partial charge in [-0.3, -0.25) is 9.59 Å². The topological polar surface area (TPSA) is 58.6 Å². The standard InChI is InChI=1S/C16H18ClFN2O3/c17-11-3-1-4-12(18)14(11)15(22)19-9-13(21)20-7-8-23-10-16(20)5-2-6-16/h1,3-4H,2,5-10H2,(H,19,22). The number of halogens is 2. The molecule has 1 aliphatic carbocycles. The molecule has 0 atom stereocenters. The number of rotatable bonds is 3. The average molecular weight is 341 g/mol. The Morgan fingerprint density at radius 2 is 2.17 bits per heavy atom. The molecule has 0 aromatic heterocycles. The molecule has 1 saturated heterocycles. The Hall–Kier alpha value is -1.66. The van der Waals surface area contributed by atoms with Crippen molar-refractivity contribution in [2.45, 2.75) is 24.8 Å². The zero-order valence-corrected chi connectivity index (χ0v) is 13.4. The van der Waals surface area contributed by atoms with Crippen molar-refractivity contribution >= 4 is 23.4 Å². The van der Waals surface area contributed by atoms with E-state index in [4.69, 9.17) is 16.3 Å². The van der Waals surface area contributed by atoms with Gasteiger partial charge >= 0.3 is 0 Å². The predicted octanol–water partition coefficient (Wildman–Crippen LogP) is 1.99. The summed E-state index contributed by atoms with van der Waals surface area (Å²) >= 11 is 5.85. The van der Waals surface area contributed by atoms with Gasteiger partial charge in [0.15, 0.2) is 0 Å². The summed E-state index contributed by atoms with van der Waals surface area (Å²) in [4.78, 5) is 26.3. The summed E-state index contributed by atoms with van der Waals surface area (Å²) < 4.78 is 19.2. The summed E-state index contributed by atoms with van der Waals surface area (Å²) in [7, 11) is 0. The highest BCUT2D eigenvalue weighted by molar-refractivity contribution is 6.33. The lowest BCUT2D eigenvalue weighted by atomic mass is 9.75. The highest BCUT2D eigenvalue weighted by atomic mass is 35.5. The number of carbonyl (C=O) groups excluding carboxylic acids is 2. The molecule has 2 fully saturated rings. The first-order valence-corrected chi connectivity index (χ1v) is 8.02. The molecule has 2 amide bonds. The van der Waals surface area contributed by atoms with Gasteiger partial charge in [0.2, 0.25) is 5.91 Å². The van der Waals surface area contributed by atoms with Crippen molar-refractivity contribution in [1.29, 1.82) is 0 Å². The van der Waals surface area contributed by atoms with Crippen LogP contribution in [0.5, 0.6) is 0 Å². The summed E-state index contributed by atoms with van der Waals surface area (Å²) in [6.45, 7) is 1.40. The molecule has 3 rings (SSSR count). The number of benzene rings is 1. The fourth-order valence-corrected chi connectivity index (χ4v) is 3.42. The lowest BCUT2D eigenvalue weighted by molar-refractivity contribution is -0.157. The molecule has 2 aliphatic rings. The van der Waals surface area contributed by atoms with E-state index in [0.717, 1.165) is 25.3 Å². The van der Waals surface area contributed by atoms with E-state index in [2.05, 4.69) is 5.32 Å². The van der Waals surface area contributed by atoms with E-state index in [1.54, 1.807) is 4.90 Å². The SMILES string of the molecule is O=C(NCC(=O)N1CCOCC12CCC2)c1c(F)cccc1Cl. The number of nitrogens with one attached hydrogen (secondary N) is 1. The third-order valence-corrected chi connectivity index (χ3v) is 4.89. The van der Waals surface area contributed by atoms with Crippen LogP contribution in [0.2, 0.25) is 5.02 Å². The maximum Gasteiger partial charge on any atom is 0.256 e. The lowest BCUT2D eigenvalue weighted by Crippen LogP contribution is -2.64. The third kappa shape index (κ3) is 3.05. The third-order valence-electron chi connectivity index (χ3n) is 4.58. The van der Waals surface area contributed by atoms with Crippen molar-refractivity contribution in [3.63, 3.8) is 0 Å². The smallest absolute Gasteiger partial charge is 0.256 e. The van der Waals surface area contributed by atoms with E-state index in [1.807, 2.05) is 0 Å². The van der Waals surface area contributed by atoms with Crippen LogP contribution in [0.4, 0.5) is 4.39 Å². The molecule has 0 radical (unpaired) electrons. The second-order valence-corrected chi connectivity index (χ2v) is 6.36. The zero-order chi connectivity index (χ0) is 16.4. The van der Waals surface area contributed by atoms with Crippen LogP contribution < -0.4 is 5.32 Å². The molecule has 1 aromatic rings. The van der Waals surface area contributed by atoms with E-state index in [-0.39, 0.29) is 28.6 Å². The van der Waals surface area contributed by atoms with Crippen LogP contribution in [0.15, 0.2) is 18.2 Å². The molecule has 1 N–H and O–H groups in total. The van der Waals surface area contributed by atoms with Crippen molar-refractivity contribution in [3.8, 4) is 0 Å². The van der Waals surface area contributed by atoms with Gasteiger partial charge in [0.25, 0.3) is 5.91 Å². The first-order chi connectivity index (χ1) is 11.0. The van der Waals surface area contributed by atoms with Crippen molar-refractivity contribution in [2.75, 3.05) is 26.3 Å². The minimum absolute atomic E-state index is 0.0248. The van der Waals surface area contributed by atoms with Crippen LogP contribution in [0.25, 0.3) is 0 Å². The Kier molecular flexibility index (Phi) is 4.55. The van der Waals surface area contributed by atoms with E-state index < -0.39 is 11.7 Å². The predicted molar refractivity (Wildman–Crippen MR) is 82.9 cm³/mol. The Balaban J connectivity index is 1.63. The number of morpholine rings is 1. The monoisotopic (exact) mass is 340 g/mol. The number of hydrogen-bond donors (Lipinski definition) is 1. The summed E-state index contributed by atoms with van der Waals surface area (Å²) in [5.74, 6) is -1.56. The van der Waals surface area contributed by atoms with E-state index >= 15 is 0 Å². The summed E-state index contributed by atoms with van der Waals surface area (Å²) in [5.41, 5.74) is -0.447. The maximum atomic E-state index is 13.7. The van der Waals surface area contributed by atoms with Gasteiger partial charge in [-0.1, -0.05) is 17.7 Å². The molecule has 0 bridgehead atoms. The molecule has 5 nitrogen and oxygen atoms in total. The lowest BCUT2D eigenvalue weighted by Gasteiger charge is -2.52. The van der Waals surface area contributed by atoms with Crippen LogP contribution >= 0.6 is 11.6 Å². The summed E-state index contributed by atoms with van der Waals surface area (Å²) in [6.07, 6.45) is 2.92. The fourth-order valence-electron chi connectivity index (χ4n) is 3.18. The fraction of sp³-hybridized carbons (Fsp3) is 0.500.